The van der Waals surface area contributed by atoms with Gasteiger partial charge in [0.2, 0.25) is 0 Å². The second-order valence-corrected chi connectivity index (χ2v) is 6.26. The Bertz CT molecular complexity index is 954. The Morgan fingerprint density at radius 3 is 2.68 bits per heavy atom. The third kappa shape index (κ3) is 3.74. The van der Waals surface area contributed by atoms with Gasteiger partial charge in [0.05, 0.1) is 17.7 Å². The highest BCUT2D eigenvalue weighted by Crippen LogP contribution is 2.29. The van der Waals surface area contributed by atoms with E-state index >= 15 is 0 Å². The van der Waals surface area contributed by atoms with Crippen LogP contribution in [0.15, 0.2) is 42.5 Å². The molecule has 1 N–H and O–H groups in total. The number of hydrogen-bond acceptors (Lipinski definition) is 4. The van der Waals surface area contributed by atoms with Crippen LogP contribution >= 0.6 is 11.6 Å². The van der Waals surface area contributed by atoms with Crippen molar-refractivity contribution in [1.29, 1.82) is 0 Å². The number of nitrogens with zero attached hydrogens (tertiary/aromatic N) is 1. The number of nitrogens with one attached hydrogen (secondary N) is 1. The summed E-state index contributed by atoms with van der Waals surface area (Å²) in [6.07, 6.45) is 0. The molecule has 0 amide bonds. The Kier molecular flexibility index (Phi) is 4.91. The van der Waals surface area contributed by atoms with Crippen LogP contribution in [0.25, 0.3) is 10.9 Å². The summed E-state index contributed by atoms with van der Waals surface area (Å²) in [5.41, 5.74) is 4.97. The summed E-state index contributed by atoms with van der Waals surface area (Å²) in [5, 5.41) is 4.93. The molecule has 1 heterocycles. The fraction of sp³-hybridized carbons (Fsp3) is 0.200. The number of aryl methyl sites for hydroxylation is 2. The molecule has 0 fully saturated rings. The zero-order chi connectivity index (χ0) is 18.0. The zero-order valence-corrected chi connectivity index (χ0v) is 15.1. The Morgan fingerprint density at radius 1 is 1.16 bits per heavy atom. The van der Waals surface area contributed by atoms with Crippen LogP contribution in [0, 0.1) is 13.8 Å². The number of halogens is 1. The maximum absolute atomic E-state index is 12.0. The predicted octanol–water partition coefficient (Wildman–Crippen LogP) is 5.43. The van der Waals surface area contributed by atoms with Gasteiger partial charge in [-0.3, -0.25) is 4.98 Å². The van der Waals surface area contributed by atoms with Crippen LogP contribution in [0.1, 0.15) is 28.5 Å². The van der Waals surface area contributed by atoms with Gasteiger partial charge in [-0.05, 0) is 62.7 Å². The van der Waals surface area contributed by atoms with E-state index in [1.807, 2.05) is 44.2 Å². The minimum atomic E-state index is -0.339. The van der Waals surface area contributed by atoms with Crippen molar-refractivity contribution in [3.05, 3.63) is 64.3 Å². The molecule has 0 aliphatic rings. The Labute approximate surface area is 151 Å². The molecule has 0 saturated heterocycles. The molecule has 0 spiro atoms. The molecule has 0 radical (unpaired) electrons. The van der Waals surface area contributed by atoms with Crippen LogP contribution in [0.3, 0.4) is 0 Å². The van der Waals surface area contributed by atoms with Crippen molar-refractivity contribution in [2.75, 3.05) is 11.9 Å². The number of aromatic nitrogens is 1. The van der Waals surface area contributed by atoms with E-state index in [9.17, 15) is 4.79 Å². The molecule has 2 aromatic carbocycles. The first kappa shape index (κ1) is 17.2. The first-order valence-electron chi connectivity index (χ1n) is 8.09. The maximum atomic E-state index is 12.0. The Hall–Kier alpha value is -2.59. The highest BCUT2D eigenvalue weighted by atomic mass is 35.5. The predicted molar refractivity (Wildman–Crippen MR) is 102 cm³/mol. The topological polar surface area (TPSA) is 51.2 Å². The van der Waals surface area contributed by atoms with Crippen molar-refractivity contribution >= 4 is 39.8 Å². The maximum Gasteiger partial charge on any atom is 0.338 e. The first-order chi connectivity index (χ1) is 12.0. The average molecular weight is 355 g/mol. The molecular formula is C20H19ClN2O2. The number of benzene rings is 2. The highest BCUT2D eigenvalue weighted by Gasteiger charge is 2.11. The number of carbonyl (C=O) groups excluding carboxylic acids is 1. The smallest absolute Gasteiger partial charge is 0.338 e. The largest absolute Gasteiger partial charge is 0.462 e. The highest BCUT2D eigenvalue weighted by molar-refractivity contribution is 6.31. The van der Waals surface area contributed by atoms with E-state index in [0.29, 0.717) is 17.2 Å². The minimum absolute atomic E-state index is 0.339. The SMILES string of the molecule is CCOC(=O)c1ccc2nc(C)cc(Nc3ccc(C)c(Cl)c3)c2c1. The summed E-state index contributed by atoms with van der Waals surface area (Å²) in [6, 6.07) is 13.1. The van der Waals surface area contributed by atoms with Gasteiger partial charge in [-0.15, -0.1) is 0 Å². The van der Waals surface area contributed by atoms with Crippen LogP contribution in [0.2, 0.25) is 5.02 Å². The lowest BCUT2D eigenvalue weighted by molar-refractivity contribution is 0.0526. The van der Waals surface area contributed by atoms with Crippen molar-refractivity contribution in [2.45, 2.75) is 20.8 Å². The zero-order valence-electron chi connectivity index (χ0n) is 14.4. The molecule has 3 rings (SSSR count). The van der Waals surface area contributed by atoms with Crippen LogP contribution in [0.5, 0.6) is 0 Å². The number of esters is 1. The van der Waals surface area contributed by atoms with Gasteiger partial charge >= 0.3 is 5.97 Å². The third-order valence-corrected chi connectivity index (χ3v) is 4.31. The fourth-order valence-corrected chi connectivity index (χ4v) is 2.81. The molecular weight excluding hydrogens is 336 g/mol. The van der Waals surface area contributed by atoms with E-state index in [0.717, 1.165) is 33.5 Å². The van der Waals surface area contributed by atoms with Gasteiger partial charge in [0.1, 0.15) is 0 Å². The molecule has 0 aliphatic heterocycles. The lowest BCUT2D eigenvalue weighted by Gasteiger charge is -2.13. The van der Waals surface area contributed by atoms with Crippen molar-refractivity contribution in [1.82, 2.24) is 4.98 Å². The number of anilines is 2. The van der Waals surface area contributed by atoms with Gasteiger partial charge in [-0.2, -0.15) is 0 Å². The van der Waals surface area contributed by atoms with Crippen molar-refractivity contribution in [3.63, 3.8) is 0 Å². The molecule has 5 heteroatoms. The average Bonchev–Trinajstić information content (AvgIpc) is 2.58. The fourth-order valence-electron chi connectivity index (χ4n) is 2.63. The number of rotatable bonds is 4. The summed E-state index contributed by atoms with van der Waals surface area (Å²) in [5.74, 6) is -0.339. The molecule has 0 unspecified atom stereocenters. The van der Waals surface area contributed by atoms with Gasteiger partial charge in [0.25, 0.3) is 0 Å². The van der Waals surface area contributed by atoms with Crippen molar-refractivity contribution < 1.29 is 9.53 Å². The van der Waals surface area contributed by atoms with Crippen molar-refractivity contribution in [3.8, 4) is 0 Å². The summed E-state index contributed by atoms with van der Waals surface area (Å²) < 4.78 is 5.09. The summed E-state index contributed by atoms with van der Waals surface area (Å²) in [4.78, 5) is 16.6. The number of fused-ring (bicyclic) bond motifs is 1. The van der Waals surface area contributed by atoms with Gasteiger partial charge in [0, 0.05) is 27.5 Å². The van der Waals surface area contributed by atoms with E-state index in [-0.39, 0.29) is 5.97 Å². The Balaban J connectivity index is 2.07. The molecule has 128 valence electrons. The quantitative estimate of drug-likeness (QED) is 0.635. The van der Waals surface area contributed by atoms with E-state index in [2.05, 4.69) is 10.3 Å². The second-order valence-electron chi connectivity index (χ2n) is 5.85. The number of pyridine rings is 1. The van der Waals surface area contributed by atoms with E-state index in [4.69, 9.17) is 16.3 Å². The summed E-state index contributed by atoms with van der Waals surface area (Å²) in [7, 11) is 0. The monoisotopic (exact) mass is 354 g/mol. The van der Waals surface area contributed by atoms with E-state index in [1.54, 1.807) is 19.1 Å². The number of ether oxygens (including phenoxy) is 1. The normalized spacial score (nSPS) is 10.7. The lowest BCUT2D eigenvalue weighted by Crippen LogP contribution is -2.05. The number of hydrogen-bond donors (Lipinski definition) is 1. The van der Waals surface area contributed by atoms with Gasteiger partial charge in [0.15, 0.2) is 0 Å². The molecule has 4 nitrogen and oxygen atoms in total. The standard InChI is InChI=1S/C20H19ClN2O2/c1-4-25-20(24)14-6-8-18-16(10-14)19(9-13(3)22-18)23-15-7-5-12(2)17(21)11-15/h5-11H,4H2,1-3H3,(H,22,23). The van der Waals surface area contributed by atoms with Crippen LogP contribution in [-0.4, -0.2) is 17.6 Å². The van der Waals surface area contributed by atoms with Gasteiger partial charge in [-0.25, -0.2) is 4.79 Å². The Morgan fingerprint density at radius 2 is 1.96 bits per heavy atom. The van der Waals surface area contributed by atoms with Crippen LogP contribution < -0.4 is 5.32 Å². The second kappa shape index (κ2) is 7.11. The molecule has 25 heavy (non-hydrogen) atoms. The van der Waals surface area contributed by atoms with E-state index in [1.165, 1.54) is 0 Å². The number of carbonyl (C=O) groups is 1. The van der Waals surface area contributed by atoms with E-state index < -0.39 is 0 Å². The van der Waals surface area contributed by atoms with Crippen LogP contribution in [0.4, 0.5) is 11.4 Å². The van der Waals surface area contributed by atoms with Gasteiger partial charge < -0.3 is 10.1 Å². The summed E-state index contributed by atoms with van der Waals surface area (Å²) >= 11 is 6.22. The molecule has 0 aliphatic carbocycles. The first-order valence-corrected chi connectivity index (χ1v) is 8.47. The molecule has 0 saturated carbocycles. The molecule has 0 bridgehead atoms. The molecule has 1 aromatic heterocycles. The van der Waals surface area contributed by atoms with Gasteiger partial charge in [-0.1, -0.05) is 17.7 Å². The minimum Gasteiger partial charge on any atom is -0.462 e. The lowest BCUT2D eigenvalue weighted by atomic mass is 10.1. The third-order valence-electron chi connectivity index (χ3n) is 3.90. The summed E-state index contributed by atoms with van der Waals surface area (Å²) in [6.45, 7) is 6.03. The van der Waals surface area contributed by atoms with Crippen LogP contribution in [-0.2, 0) is 4.74 Å². The molecule has 0 atom stereocenters. The molecule has 3 aromatic rings. The van der Waals surface area contributed by atoms with Crippen molar-refractivity contribution in [2.24, 2.45) is 0 Å².